The van der Waals surface area contributed by atoms with Crippen LogP contribution in [0.1, 0.15) is 79.7 Å². The van der Waals surface area contributed by atoms with Crippen molar-refractivity contribution in [3.63, 3.8) is 0 Å². The van der Waals surface area contributed by atoms with Crippen LogP contribution < -0.4 is 16.2 Å². The number of amides is 1. The molecule has 2 aliphatic rings. The van der Waals surface area contributed by atoms with Gasteiger partial charge in [-0.3, -0.25) is 9.59 Å². The van der Waals surface area contributed by atoms with Gasteiger partial charge in [0, 0.05) is 25.5 Å². The maximum Gasteiger partial charge on any atom is 0.406 e. The maximum atomic E-state index is 13.4. The number of benzene rings is 1. The number of hydrogen-bond donors (Lipinski definition) is 2. The first-order valence-corrected chi connectivity index (χ1v) is 14.2. The summed E-state index contributed by atoms with van der Waals surface area (Å²) in [7, 11) is 1.92. The van der Waals surface area contributed by atoms with Gasteiger partial charge in [0.1, 0.15) is 24.3 Å². The molecule has 2 fully saturated rings. The van der Waals surface area contributed by atoms with Crippen molar-refractivity contribution in [3.05, 3.63) is 75.7 Å². The molecule has 5 rings (SSSR count). The number of pyridine rings is 1. The van der Waals surface area contributed by atoms with Crippen LogP contribution in [0.4, 0.5) is 18.9 Å². The second kappa shape index (κ2) is 11.1. The van der Waals surface area contributed by atoms with Crippen LogP contribution in [0.2, 0.25) is 0 Å². The van der Waals surface area contributed by atoms with Gasteiger partial charge in [-0.2, -0.15) is 13.2 Å². The summed E-state index contributed by atoms with van der Waals surface area (Å²) in [4.78, 5) is 26.4. The Kier molecular flexibility index (Phi) is 7.84. The number of nitrogens with one attached hydrogen (secondary N) is 2. The fraction of sp³-hybridized carbons (Fsp3) is 0.533. The molecule has 0 unspecified atom stereocenters. The van der Waals surface area contributed by atoms with Crippen molar-refractivity contribution in [1.82, 2.24) is 24.6 Å². The number of nitrogens with zero attached hydrogens (tertiary/aromatic N) is 4. The number of aryl methyl sites for hydroxylation is 1. The summed E-state index contributed by atoms with van der Waals surface area (Å²) < 4.78 is 42.4. The molecule has 1 spiro atoms. The average Bonchev–Trinajstić information content (AvgIpc) is 3.58. The van der Waals surface area contributed by atoms with Gasteiger partial charge in [0.05, 0.1) is 5.41 Å². The Morgan fingerprint density at radius 3 is 2.49 bits per heavy atom. The van der Waals surface area contributed by atoms with Crippen molar-refractivity contribution in [1.29, 1.82) is 0 Å². The number of anilines is 1. The summed E-state index contributed by atoms with van der Waals surface area (Å²) in [5.41, 5.74) is 0.585. The molecule has 0 saturated heterocycles. The smallest absolute Gasteiger partial charge is 0.322 e. The van der Waals surface area contributed by atoms with Crippen molar-refractivity contribution in [3.8, 4) is 0 Å². The Morgan fingerprint density at radius 2 is 1.88 bits per heavy atom. The van der Waals surface area contributed by atoms with Gasteiger partial charge in [-0.25, -0.2) is 0 Å². The third kappa shape index (κ3) is 6.10. The van der Waals surface area contributed by atoms with Crippen LogP contribution in [-0.4, -0.2) is 38.0 Å². The molecule has 8 nitrogen and oxygen atoms in total. The number of hydrogen-bond acceptors (Lipinski definition) is 5. The van der Waals surface area contributed by atoms with Crippen LogP contribution in [0.15, 0.2) is 47.7 Å². The highest BCUT2D eigenvalue weighted by Gasteiger charge is 2.63. The van der Waals surface area contributed by atoms with Crippen molar-refractivity contribution in [2.24, 2.45) is 18.4 Å². The molecular formula is C30H37F3N6O2. The van der Waals surface area contributed by atoms with Crippen molar-refractivity contribution < 1.29 is 18.0 Å². The highest BCUT2D eigenvalue weighted by molar-refractivity contribution is 6.04. The van der Waals surface area contributed by atoms with E-state index in [0.717, 1.165) is 37.1 Å². The number of halogens is 3. The van der Waals surface area contributed by atoms with Crippen LogP contribution in [-0.2, 0) is 25.6 Å². The molecule has 2 saturated carbocycles. The number of alkyl halides is 3. The molecular weight excluding hydrogens is 533 g/mol. The Hall–Kier alpha value is -3.47. The molecule has 2 N–H and O–H groups in total. The summed E-state index contributed by atoms with van der Waals surface area (Å²) in [5.74, 6) is 0.549. The van der Waals surface area contributed by atoms with E-state index in [1.54, 1.807) is 12.4 Å². The number of rotatable bonds is 11. The SMILES string of the molecule is CCC(CC)CNCc1cc(C(=O)Nc2cccc(C3(c4nncn4C)CC4(CC4)C3)c2)c(=O)n(CC(F)(F)F)c1. The third-order valence-electron chi connectivity index (χ3n) is 8.78. The first-order chi connectivity index (χ1) is 19.5. The summed E-state index contributed by atoms with van der Waals surface area (Å²) >= 11 is 0. The molecule has 2 aromatic heterocycles. The predicted molar refractivity (Wildman–Crippen MR) is 150 cm³/mol. The molecule has 0 atom stereocenters. The second-order valence-corrected chi connectivity index (χ2v) is 11.9. The van der Waals surface area contributed by atoms with Crippen LogP contribution in [0.25, 0.3) is 0 Å². The number of aromatic nitrogens is 4. The molecule has 3 aromatic rings. The highest BCUT2D eigenvalue weighted by Crippen LogP contribution is 2.70. The van der Waals surface area contributed by atoms with Gasteiger partial charge in [0.25, 0.3) is 11.5 Å². The fourth-order valence-corrected chi connectivity index (χ4v) is 6.33. The molecule has 220 valence electrons. The standard InChI is InChI=1S/C30H37F3N6O2/c1-4-20(5-2)13-34-14-21-11-24(26(41)39(15-21)18-30(31,32)33)25(40)36-23-8-6-7-22(12-23)29(16-28(17-29)9-10-28)27-37-35-19-38(27)3/h6-8,11-12,15,19-20,34H,4-5,9-10,13-14,16-18H2,1-3H3,(H,36,40). The van der Waals surface area contributed by atoms with Crippen LogP contribution in [0, 0.1) is 11.3 Å². The molecule has 41 heavy (non-hydrogen) atoms. The molecule has 2 aliphatic carbocycles. The second-order valence-electron chi connectivity index (χ2n) is 11.9. The van der Waals surface area contributed by atoms with E-state index in [0.29, 0.717) is 33.7 Å². The van der Waals surface area contributed by atoms with Crippen molar-refractivity contribution in [2.75, 3.05) is 11.9 Å². The molecule has 0 radical (unpaired) electrons. The largest absolute Gasteiger partial charge is 0.406 e. The normalized spacial score (nSPS) is 17.0. The molecule has 0 aliphatic heterocycles. The van der Waals surface area contributed by atoms with Crippen molar-refractivity contribution >= 4 is 11.6 Å². The Balaban J connectivity index is 1.41. The van der Waals surface area contributed by atoms with Gasteiger partial charge in [-0.05, 0) is 72.9 Å². The van der Waals surface area contributed by atoms with E-state index in [1.165, 1.54) is 25.1 Å². The zero-order valence-electron chi connectivity index (χ0n) is 23.7. The van der Waals surface area contributed by atoms with Crippen molar-refractivity contribution in [2.45, 2.75) is 77.1 Å². The van der Waals surface area contributed by atoms with Gasteiger partial charge in [0.15, 0.2) is 0 Å². The molecule has 0 bridgehead atoms. The summed E-state index contributed by atoms with van der Waals surface area (Å²) in [6, 6.07) is 8.81. The topological polar surface area (TPSA) is 93.8 Å². The minimum atomic E-state index is -4.61. The first-order valence-electron chi connectivity index (χ1n) is 14.2. The lowest BCUT2D eigenvalue weighted by molar-refractivity contribution is -0.141. The summed E-state index contributed by atoms with van der Waals surface area (Å²) in [5, 5.41) is 14.5. The molecule has 11 heteroatoms. The lowest BCUT2D eigenvalue weighted by Gasteiger charge is -2.48. The van der Waals surface area contributed by atoms with Gasteiger partial charge in [-0.15, -0.1) is 10.2 Å². The van der Waals surface area contributed by atoms with E-state index in [9.17, 15) is 22.8 Å². The highest BCUT2D eigenvalue weighted by atomic mass is 19.4. The van der Waals surface area contributed by atoms with E-state index in [-0.39, 0.29) is 17.5 Å². The quantitative estimate of drug-likeness (QED) is 0.332. The molecule has 1 amide bonds. The van der Waals surface area contributed by atoms with E-state index in [2.05, 4.69) is 34.7 Å². The van der Waals surface area contributed by atoms with Crippen LogP contribution in [0.3, 0.4) is 0 Å². The van der Waals surface area contributed by atoms with E-state index in [4.69, 9.17) is 0 Å². The number of carbonyl (C=O) groups is 1. The predicted octanol–water partition coefficient (Wildman–Crippen LogP) is 5.18. The fourth-order valence-electron chi connectivity index (χ4n) is 6.33. The molecule has 2 heterocycles. The van der Waals surface area contributed by atoms with Gasteiger partial charge in [-0.1, -0.05) is 38.8 Å². The van der Waals surface area contributed by atoms with Gasteiger partial charge in [0.2, 0.25) is 0 Å². The lowest BCUT2D eigenvalue weighted by atomic mass is 9.56. The zero-order chi connectivity index (χ0) is 29.4. The van der Waals surface area contributed by atoms with Gasteiger partial charge < -0.3 is 19.8 Å². The minimum Gasteiger partial charge on any atom is -0.322 e. The van der Waals surface area contributed by atoms with E-state index in [1.807, 2.05) is 29.8 Å². The minimum absolute atomic E-state index is 0.242. The Bertz CT molecular complexity index is 1460. The third-order valence-corrected chi connectivity index (χ3v) is 8.78. The Morgan fingerprint density at radius 1 is 1.15 bits per heavy atom. The number of carbonyl (C=O) groups excluding carboxylic acids is 1. The van der Waals surface area contributed by atoms with E-state index >= 15 is 0 Å². The average molecular weight is 571 g/mol. The maximum absolute atomic E-state index is 13.4. The van der Waals surface area contributed by atoms with Crippen LogP contribution >= 0.6 is 0 Å². The zero-order valence-corrected chi connectivity index (χ0v) is 23.7. The summed E-state index contributed by atoms with van der Waals surface area (Å²) in [6.45, 7) is 3.63. The van der Waals surface area contributed by atoms with E-state index < -0.39 is 24.2 Å². The van der Waals surface area contributed by atoms with Crippen LogP contribution in [0.5, 0.6) is 0 Å². The monoisotopic (exact) mass is 570 g/mol. The lowest BCUT2D eigenvalue weighted by Crippen LogP contribution is -2.45. The van der Waals surface area contributed by atoms with Gasteiger partial charge >= 0.3 is 6.18 Å². The summed E-state index contributed by atoms with van der Waals surface area (Å²) in [6.07, 6.45) is 4.47. The Labute approximate surface area is 237 Å². The first kappa shape index (κ1) is 29.0. The molecule has 1 aromatic carbocycles.